The molecule has 0 bridgehead atoms. The maximum atomic E-state index is 12.1. The zero-order valence-corrected chi connectivity index (χ0v) is 18.6. The fourth-order valence-corrected chi connectivity index (χ4v) is 4.78. The van der Waals surface area contributed by atoms with E-state index < -0.39 is 23.3 Å². The summed E-state index contributed by atoms with van der Waals surface area (Å²) in [5.41, 5.74) is 1.68. The van der Waals surface area contributed by atoms with Gasteiger partial charge in [-0.05, 0) is 31.2 Å². The van der Waals surface area contributed by atoms with Gasteiger partial charge in [-0.15, -0.1) is 0 Å². The maximum absolute atomic E-state index is 12.1. The van der Waals surface area contributed by atoms with Gasteiger partial charge >= 0.3 is 11.9 Å². The molecule has 2 unspecified atom stereocenters. The van der Waals surface area contributed by atoms with Crippen molar-refractivity contribution in [2.24, 2.45) is 11.3 Å². The average molecular weight is 458 g/mol. The van der Waals surface area contributed by atoms with Gasteiger partial charge in [0.05, 0.1) is 18.5 Å². The van der Waals surface area contributed by atoms with E-state index in [9.17, 15) is 24.3 Å². The van der Waals surface area contributed by atoms with Crippen molar-refractivity contribution in [3.05, 3.63) is 72.1 Å². The van der Waals surface area contributed by atoms with Crippen LogP contribution in [0.15, 0.2) is 60.7 Å². The average Bonchev–Trinajstić information content (AvgIpc) is 3.54. The number of carbonyl (C=O) groups is 4. The van der Waals surface area contributed by atoms with E-state index in [0.717, 1.165) is 21.8 Å². The first-order valence-electron chi connectivity index (χ1n) is 10.8. The lowest BCUT2D eigenvalue weighted by atomic mass is 9.87. The van der Waals surface area contributed by atoms with Crippen LogP contribution in [0.25, 0.3) is 21.8 Å². The molecular formula is C26H22N2O6. The number of nitrogens with zero attached hydrogens (tertiary/aromatic N) is 2. The molecule has 172 valence electrons. The number of benzene rings is 2. The van der Waals surface area contributed by atoms with Gasteiger partial charge < -0.3 is 19.0 Å². The minimum atomic E-state index is -1.32. The Hall–Kier alpha value is -4.20. The number of ether oxygens (including phenoxy) is 1. The summed E-state index contributed by atoms with van der Waals surface area (Å²) < 4.78 is 8.33. The molecule has 0 aliphatic carbocycles. The van der Waals surface area contributed by atoms with Crippen LogP contribution in [-0.2, 0) is 27.4 Å². The van der Waals surface area contributed by atoms with Crippen molar-refractivity contribution in [3.8, 4) is 0 Å². The highest BCUT2D eigenvalue weighted by Gasteiger charge is 2.48. The molecule has 8 nitrogen and oxygen atoms in total. The van der Waals surface area contributed by atoms with Crippen molar-refractivity contribution in [3.63, 3.8) is 0 Å². The number of carboxylic acid groups (broad SMARTS) is 1. The number of fused-ring (bicyclic) bond motifs is 6. The number of ketones is 2. The number of Topliss-reactive ketones (excluding diaryl/α,β-unsaturated/α-hetero) is 2. The number of aliphatic carboxylic acids is 1. The summed E-state index contributed by atoms with van der Waals surface area (Å²) in [6.07, 6.45) is 0. The fourth-order valence-electron chi connectivity index (χ4n) is 4.78. The molecule has 8 heteroatoms. The molecule has 1 N–H and O–H groups in total. The number of hydrogen-bond donors (Lipinski definition) is 1. The standard InChI is InChI=1S/2C13H11NO3/c1-17-13(16)9-7-14-10-5-3-2-4-8(10)6-11(14)12(9)15;1-13(12(16)17)7-14-9-5-3-2-4-8(9)6-10(14)11(13)15/h2-6,9H,7H2,1H3;2-6H,7H2,1H3,(H,16,17). The fraction of sp³-hybridized carbons (Fsp3) is 0.231. The van der Waals surface area contributed by atoms with Crippen molar-refractivity contribution in [2.75, 3.05) is 7.11 Å². The molecular weight excluding hydrogens is 436 g/mol. The van der Waals surface area contributed by atoms with E-state index in [1.165, 1.54) is 14.0 Å². The van der Waals surface area contributed by atoms with Crippen LogP contribution in [0.4, 0.5) is 0 Å². The Morgan fingerprint density at radius 1 is 0.941 bits per heavy atom. The Morgan fingerprint density at radius 3 is 2.09 bits per heavy atom. The molecule has 2 aliphatic heterocycles. The lowest BCUT2D eigenvalue weighted by molar-refractivity contribution is -0.145. The number of aromatic nitrogens is 2. The number of rotatable bonds is 2. The van der Waals surface area contributed by atoms with Gasteiger partial charge in [0, 0.05) is 34.9 Å². The Morgan fingerprint density at radius 2 is 1.50 bits per heavy atom. The topological polar surface area (TPSA) is 108 Å². The number of carbonyl (C=O) groups excluding carboxylic acids is 3. The predicted octanol–water partition coefficient (Wildman–Crippen LogP) is 3.56. The molecule has 2 atom stereocenters. The highest BCUT2D eigenvalue weighted by atomic mass is 16.5. The molecule has 0 fully saturated rings. The van der Waals surface area contributed by atoms with Gasteiger partial charge in [0.1, 0.15) is 11.3 Å². The number of esters is 1. The summed E-state index contributed by atoms with van der Waals surface area (Å²) in [6.45, 7) is 2.08. The summed E-state index contributed by atoms with van der Waals surface area (Å²) in [5, 5.41) is 11.2. The minimum absolute atomic E-state index is 0.145. The Bertz CT molecular complexity index is 1510. The zero-order valence-electron chi connectivity index (χ0n) is 18.6. The normalized spacial score (nSPS) is 20.7. The molecule has 0 amide bonds. The molecule has 4 heterocycles. The first kappa shape index (κ1) is 21.6. The van der Waals surface area contributed by atoms with Crippen LogP contribution in [0.5, 0.6) is 0 Å². The third kappa shape index (κ3) is 3.06. The lowest BCUT2D eigenvalue weighted by Crippen LogP contribution is -2.34. The maximum Gasteiger partial charge on any atom is 0.319 e. The largest absolute Gasteiger partial charge is 0.480 e. The molecule has 0 radical (unpaired) electrons. The van der Waals surface area contributed by atoms with E-state index in [0.29, 0.717) is 17.9 Å². The monoisotopic (exact) mass is 458 g/mol. The van der Waals surface area contributed by atoms with Gasteiger partial charge in [0.15, 0.2) is 11.6 Å². The third-order valence-corrected chi connectivity index (χ3v) is 6.72. The van der Waals surface area contributed by atoms with Crippen molar-refractivity contribution in [2.45, 2.75) is 20.0 Å². The first-order valence-corrected chi connectivity index (χ1v) is 10.8. The second-order valence-corrected chi connectivity index (χ2v) is 8.78. The van der Waals surface area contributed by atoms with Gasteiger partial charge in [-0.3, -0.25) is 19.2 Å². The molecule has 0 saturated heterocycles. The molecule has 0 saturated carbocycles. The summed E-state index contributed by atoms with van der Waals surface area (Å²) in [6, 6.07) is 19.0. The Labute approximate surface area is 194 Å². The molecule has 0 spiro atoms. The number of hydrogen-bond acceptors (Lipinski definition) is 5. The lowest BCUT2D eigenvalue weighted by Gasteiger charge is -2.15. The highest BCUT2D eigenvalue weighted by Crippen LogP contribution is 2.36. The second kappa shape index (κ2) is 7.69. The van der Waals surface area contributed by atoms with Gasteiger partial charge in [-0.1, -0.05) is 36.4 Å². The molecule has 34 heavy (non-hydrogen) atoms. The van der Waals surface area contributed by atoms with Crippen molar-refractivity contribution < 1.29 is 29.0 Å². The first-order chi connectivity index (χ1) is 16.3. The summed E-state index contributed by atoms with van der Waals surface area (Å²) in [7, 11) is 1.31. The van der Waals surface area contributed by atoms with E-state index in [4.69, 9.17) is 0 Å². The van der Waals surface area contributed by atoms with Crippen molar-refractivity contribution in [1.82, 2.24) is 9.13 Å². The van der Waals surface area contributed by atoms with E-state index in [1.54, 1.807) is 10.6 Å². The molecule has 4 aromatic rings. The van der Waals surface area contributed by atoms with Crippen LogP contribution in [0.2, 0.25) is 0 Å². The van der Waals surface area contributed by atoms with Gasteiger partial charge in [0.25, 0.3) is 0 Å². The molecule has 2 aliphatic rings. The SMILES string of the molecule is CC1(C(=O)O)Cn2c(cc3ccccc32)C1=O.COC(=O)C1Cn2c(cc3ccccc32)C1=O. The summed E-state index contributed by atoms with van der Waals surface area (Å²) in [5.74, 6) is -2.65. The molecule has 2 aromatic carbocycles. The second-order valence-electron chi connectivity index (χ2n) is 8.78. The minimum Gasteiger partial charge on any atom is -0.480 e. The zero-order chi connectivity index (χ0) is 24.2. The number of carboxylic acids is 1. The van der Waals surface area contributed by atoms with E-state index in [2.05, 4.69) is 4.74 Å². The van der Waals surface area contributed by atoms with Crippen LogP contribution >= 0.6 is 0 Å². The highest BCUT2D eigenvalue weighted by molar-refractivity contribution is 6.15. The summed E-state index contributed by atoms with van der Waals surface area (Å²) >= 11 is 0. The van der Waals surface area contributed by atoms with Crippen molar-refractivity contribution in [1.29, 1.82) is 0 Å². The van der Waals surface area contributed by atoms with Crippen LogP contribution in [0, 0.1) is 11.3 Å². The van der Waals surface area contributed by atoms with Crippen LogP contribution < -0.4 is 0 Å². The quantitative estimate of drug-likeness (QED) is 0.364. The Balaban J connectivity index is 0.000000142. The van der Waals surface area contributed by atoms with Crippen LogP contribution in [0.3, 0.4) is 0 Å². The van der Waals surface area contributed by atoms with Gasteiger partial charge in [-0.25, -0.2) is 0 Å². The van der Waals surface area contributed by atoms with Gasteiger partial charge in [-0.2, -0.15) is 0 Å². The van der Waals surface area contributed by atoms with Crippen LogP contribution in [0.1, 0.15) is 27.9 Å². The molecule has 2 aromatic heterocycles. The van der Waals surface area contributed by atoms with E-state index in [-0.39, 0.29) is 18.1 Å². The Kier molecular flexibility index (Phi) is 4.89. The number of methoxy groups -OCH3 is 1. The van der Waals surface area contributed by atoms with E-state index >= 15 is 0 Å². The smallest absolute Gasteiger partial charge is 0.319 e. The van der Waals surface area contributed by atoms with Gasteiger partial charge in [0.2, 0.25) is 0 Å². The van der Waals surface area contributed by atoms with E-state index in [1.807, 2.05) is 59.2 Å². The predicted molar refractivity (Wildman–Crippen MR) is 124 cm³/mol. The van der Waals surface area contributed by atoms with Crippen LogP contribution in [-0.4, -0.2) is 44.9 Å². The molecule has 6 rings (SSSR count). The number of para-hydroxylation sites is 2. The third-order valence-electron chi connectivity index (χ3n) is 6.72. The summed E-state index contributed by atoms with van der Waals surface area (Å²) in [4.78, 5) is 46.8. The van der Waals surface area contributed by atoms with Crippen molar-refractivity contribution >= 4 is 45.3 Å².